The Labute approximate surface area is 124 Å². The maximum Gasteiger partial charge on any atom is 0.0449 e. The predicted molar refractivity (Wildman–Crippen MR) is 84.3 cm³/mol. The van der Waals surface area contributed by atoms with E-state index < -0.39 is 0 Å². The van der Waals surface area contributed by atoms with Gasteiger partial charge in [-0.1, -0.05) is 54.4 Å². The molecule has 1 atom stereocenters. The summed E-state index contributed by atoms with van der Waals surface area (Å²) in [6.07, 6.45) is 2.23. The molecule has 0 aromatic heterocycles. The van der Waals surface area contributed by atoms with Crippen molar-refractivity contribution in [1.29, 1.82) is 0 Å². The van der Waals surface area contributed by atoms with Crippen LogP contribution < -0.4 is 5.32 Å². The van der Waals surface area contributed by atoms with E-state index in [1.165, 1.54) is 12.0 Å². The van der Waals surface area contributed by atoms with Crippen molar-refractivity contribution in [3.63, 3.8) is 0 Å². The quantitative estimate of drug-likeness (QED) is 0.699. The van der Waals surface area contributed by atoms with E-state index in [0.717, 1.165) is 29.0 Å². The fourth-order valence-electron chi connectivity index (χ4n) is 1.98. The summed E-state index contributed by atoms with van der Waals surface area (Å²) in [6, 6.07) is 6.17. The van der Waals surface area contributed by atoms with Crippen molar-refractivity contribution in [2.75, 3.05) is 13.1 Å². The molecule has 1 aromatic carbocycles. The average molecular weight is 333 g/mol. The van der Waals surface area contributed by atoms with Crippen molar-refractivity contribution < 1.29 is 0 Å². The Kier molecular flexibility index (Phi) is 7.28. The van der Waals surface area contributed by atoms with Gasteiger partial charge in [0.05, 0.1) is 0 Å². The fraction of sp³-hybridized carbons (Fsp3) is 0.600. The summed E-state index contributed by atoms with van der Waals surface area (Å²) in [6.45, 7) is 8.92. The molecule has 3 heteroatoms. The second-order valence-electron chi connectivity index (χ2n) is 5.15. The minimum absolute atomic E-state index is 0.634. The van der Waals surface area contributed by atoms with Crippen LogP contribution in [0.25, 0.3) is 0 Å². The van der Waals surface area contributed by atoms with Crippen LogP contribution in [0.15, 0.2) is 22.7 Å². The first-order valence-corrected chi connectivity index (χ1v) is 7.86. The van der Waals surface area contributed by atoms with Gasteiger partial charge in [-0.05, 0) is 55.5 Å². The van der Waals surface area contributed by atoms with Crippen molar-refractivity contribution in [3.05, 3.63) is 33.3 Å². The van der Waals surface area contributed by atoms with Crippen LogP contribution in [0.4, 0.5) is 0 Å². The largest absolute Gasteiger partial charge is 0.316 e. The van der Waals surface area contributed by atoms with Crippen molar-refractivity contribution in [2.45, 2.75) is 33.6 Å². The number of hydrogen-bond acceptors (Lipinski definition) is 1. The second-order valence-corrected chi connectivity index (χ2v) is 6.47. The molecule has 0 saturated heterocycles. The van der Waals surface area contributed by atoms with Crippen LogP contribution >= 0.6 is 27.5 Å². The Morgan fingerprint density at radius 3 is 2.61 bits per heavy atom. The molecule has 0 spiro atoms. The Morgan fingerprint density at radius 1 is 1.33 bits per heavy atom. The van der Waals surface area contributed by atoms with E-state index in [1.54, 1.807) is 0 Å². The highest BCUT2D eigenvalue weighted by Gasteiger charge is 2.15. The van der Waals surface area contributed by atoms with Gasteiger partial charge >= 0.3 is 0 Å². The first-order chi connectivity index (χ1) is 8.54. The third-order valence-corrected chi connectivity index (χ3v) is 4.12. The van der Waals surface area contributed by atoms with Gasteiger partial charge in [-0.15, -0.1) is 0 Å². The lowest BCUT2D eigenvalue weighted by Crippen LogP contribution is -2.28. The SMILES string of the molecule is CCCNCC(Cc1ccc(Br)cc1Cl)C(C)C. The number of hydrogen-bond donors (Lipinski definition) is 1. The molecule has 0 saturated carbocycles. The summed E-state index contributed by atoms with van der Waals surface area (Å²) in [5, 5.41) is 4.38. The minimum Gasteiger partial charge on any atom is -0.316 e. The smallest absolute Gasteiger partial charge is 0.0449 e. The van der Waals surface area contributed by atoms with Crippen molar-refractivity contribution in [3.8, 4) is 0 Å². The third kappa shape index (κ3) is 5.29. The van der Waals surface area contributed by atoms with Crippen LogP contribution in [0.3, 0.4) is 0 Å². The van der Waals surface area contributed by atoms with E-state index in [0.29, 0.717) is 11.8 Å². The van der Waals surface area contributed by atoms with E-state index >= 15 is 0 Å². The average Bonchev–Trinajstić information content (AvgIpc) is 2.30. The summed E-state index contributed by atoms with van der Waals surface area (Å²) < 4.78 is 1.04. The van der Waals surface area contributed by atoms with Crippen molar-refractivity contribution in [2.24, 2.45) is 11.8 Å². The van der Waals surface area contributed by atoms with Gasteiger partial charge in [0, 0.05) is 9.50 Å². The first kappa shape index (κ1) is 16.0. The molecule has 0 heterocycles. The van der Waals surface area contributed by atoms with Crippen molar-refractivity contribution >= 4 is 27.5 Å². The van der Waals surface area contributed by atoms with E-state index in [4.69, 9.17) is 11.6 Å². The zero-order valence-corrected chi connectivity index (χ0v) is 13.8. The molecule has 0 aliphatic heterocycles. The van der Waals surface area contributed by atoms with Gasteiger partial charge in [-0.25, -0.2) is 0 Å². The molecule has 0 radical (unpaired) electrons. The van der Waals surface area contributed by atoms with Gasteiger partial charge in [0.25, 0.3) is 0 Å². The zero-order valence-electron chi connectivity index (χ0n) is 11.5. The Morgan fingerprint density at radius 2 is 2.06 bits per heavy atom. The third-order valence-electron chi connectivity index (χ3n) is 3.27. The topological polar surface area (TPSA) is 12.0 Å². The maximum atomic E-state index is 6.29. The number of benzene rings is 1. The van der Waals surface area contributed by atoms with Crippen LogP contribution in [0.2, 0.25) is 5.02 Å². The summed E-state index contributed by atoms with van der Waals surface area (Å²) in [7, 11) is 0. The molecule has 1 aromatic rings. The number of rotatable bonds is 7. The lowest BCUT2D eigenvalue weighted by atomic mass is 9.89. The summed E-state index contributed by atoms with van der Waals surface area (Å²) in [5.41, 5.74) is 1.25. The molecule has 102 valence electrons. The lowest BCUT2D eigenvalue weighted by Gasteiger charge is -2.22. The van der Waals surface area contributed by atoms with Crippen LogP contribution in [-0.4, -0.2) is 13.1 Å². The van der Waals surface area contributed by atoms with Crippen LogP contribution in [-0.2, 0) is 6.42 Å². The molecule has 0 bridgehead atoms. The molecule has 1 unspecified atom stereocenters. The second kappa shape index (κ2) is 8.19. The fourth-order valence-corrected chi connectivity index (χ4v) is 2.73. The van der Waals surface area contributed by atoms with Gasteiger partial charge < -0.3 is 5.32 Å². The van der Waals surface area contributed by atoms with Crippen LogP contribution in [0.5, 0.6) is 0 Å². The molecule has 1 nitrogen and oxygen atoms in total. The van der Waals surface area contributed by atoms with Gasteiger partial charge in [0.15, 0.2) is 0 Å². The minimum atomic E-state index is 0.634. The molecular weight excluding hydrogens is 310 g/mol. The molecule has 1 N–H and O–H groups in total. The van der Waals surface area contributed by atoms with E-state index in [-0.39, 0.29) is 0 Å². The monoisotopic (exact) mass is 331 g/mol. The summed E-state index contributed by atoms with van der Waals surface area (Å²) in [4.78, 5) is 0. The van der Waals surface area contributed by atoms with E-state index in [9.17, 15) is 0 Å². The predicted octanol–water partition coefficient (Wildman–Crippen LogP) is 4.92. The standard InChI is InChI=1S/C15H23BrClN/c1-4-7-18-10-13(11(2)3)8-12-5-6-14(16)9-15(12)17/h5-6,9,11,13,18H,4,7-8,10H2,1-3H3. The van der Waals surface area contributed by atoms with Gasteiger partial charge in [-0.3, -0.25) is 0 Å². The van der Waals surface area contributed by atoms with Crippen LogP contribution in [0, 0.1) is 11.8 Å². The van der Waals surface area contributed by atoms with E-state index in [1.807, 2.05) is 6.07 Å². The molecule has 18 heavy (non-hydrogen) atoms. The highest BCUT2D eigenvalue weighted by atomic mass is 79.9. The zero-order chi connectivity index (χ0) is 13.5. The van der Waals surface area contributed by atoms with Gasteiger partial charge in [-0.2, -0.15) is 0 Å². The first-order valence-electron chi connectivity index (χ1n) is 6.69. The molecule has 0 aliphatic carbocycles. The highest BCUT2D eigenvalue weighted by molar-refractivity contribution is 9.10. The van der Waals surface area contributed by atoms with Gasteiger partial charge in [0.2, 0.25) is 0 Å². The summed E-state index contributed by atoms with van der Waals surface area (Å²) >= 11 is 9.74. The lowest BCUT2D eigenvalue weighted by molar-refractivity contribution is 0.361. The number of nitrogens with one attached hydrogen (secondary N) is 1. The Balaban J connectivity index is 2.64. The van der Waals surface area contributed by atoms with E-state index in [2.05, 4.69) is 54.2 Å². The Bertz CT molecular complexity index is 366. The summed E-state index contributed by atoms with van der Waals surface area (Å²) in [5.74, 6) is 1.30. The molecule has 0 fully saturated rings. The highest BCUT2D eigenvalue weighted by Crippen LogP contribution is 2.25. The Hall–Kier alpha value is -0.0500. The molecule has 0 aliphatic rings. The molecule has 0 amide bonds. The molecular formula is C15H23BrClN. The maximum absolute atomic E-state index is 6.29. The molecule has 1 rings (SSSR count). The van der Waals surface area contributed by atoms with Crippen molar-refractivity contribution in [1.82, 2.24) is 5.32 Å². The normalized spacial score (nSPS) is 13.0. The van der Waals surface area contributed by atoms with Crippen LogP contribution in [0.1, 0.15) is 32.8 Å². The van der Waals surface area contributed by atoms with Gasteiger partial charge in [0.1, 0.15) is 0 Å². The number of halogens is 2.